The fourth-order valence-corrected chi connectivity index (χ4v) is 1.76. The van der Waals surface area contributed by atoms with Crippen LogP contribution in [0.2, 0.25) is 0 Å². The van der Waals surface area contributed by atoms with Gasteiger partial charge in [-0.1, -0.05) is 39.8 Å². The third-order valence-corrected chi connectivity index (χ3v) is 2.74. The lowest BCUT2D eigenvalue weighted by molar-refractivity contribution is 0.192. The van der Waals surface area contributed by atoms with Gasteiger partial charge in [0.1, 0.15) is 0 Å². The largest absolute Gasteiger partial charge is 0.381 e. The van der Waals surface area contributed by atoms with E-state index in [1.54, 1.807) is 0 Å². The van der Waals surface area contributed by atoms with E-state index in [4.69, 9.17) is 5.11 Å². The highest BCUT2D eigenvalue weighted by atomic mass is 16.3. The van der Waals surface area contributed by atoms with Gasteiger partial charge in [0.05, 0.1) is 6.73 Å². The van der Waals surface area contributed by atoms with Crippen molar-refractivity contribution < 1.29 is 5.11 Å². The molecule has 0 aliphatic carbocycles. The van der Waals surface area contributed by atoms with Gasteiger partial charge in [0.15, 0.2) is 0 Å². The number of aliphatic hydroxyl groups is 1. The van der Waals surface area contributed by atoms with Crippen LogP contribution in [-0.4, -0.2) is 18.4 Å². The van der Waals surface area contributed by atoms with Gasteiger partial charge in [-0.3, -0.25) is 5.32 Å². The van der Waals surface area contributed by atoms with Crippen LogP contribution in [0, 0.1) is 11.3 Å². The molecule has 0 aliphatic rings. The summed E-state index contributed by atoms with van der Waals surface area (Å²) in [4.78, 5) is 0. The second kappa shape index (κ2) is 7.02. The van der Waals surface area contributed by atoms with Gasteiger partial charge in [-0.05, 0) is 24.2 Å². The second-order valence-electron chi connectivity index (χ2n) is 4.42. The van der Waals surface area contributed by atoms with Crippen LogP contribution in [0.5, 0.6) is 0 Å². The number of rotatable bonds is 7. The Balaban J connectivity index is 4.24. The molecule has 0 aliphatic heterocycles. The molecule has 0 spiro atoms. The second-order valence-corrected chi connectivity index (χ2v) is 4.42. The summed E-state index contributed by atoms with van der Waals surface area (Å²) in [6.45, 7) is 9.77. The first kappa shape index (κ1) is 13.7. The van der Waals surface area contributed by atoms with E-state index in [1.807, 2.05) is 0 Å². The van der Waals surface area contributed by atoms with Gasteiger partial charge in [0, 0.05) is 6.54 Å². The van der Waals surface area contributed by atoms with Gasteiger partial charge in [0.25, 0.3) is 0 Å². The molecule has 0 saturated heterocycles. The minimum atomic E-state index is 0.0668. The van der Waals surface area contributed by atoms with Crippen LogP contribution in [0.15, 0.2) is 12.2 Å². The van der Waals surface area contributed by atoms with Crippen molar-refractivity contribution in [3.05, 3.63) is 12.2 Å². The zero-order valence-corrected chi connectivity index (χ0v) is 10.0. The summed E-state index contributed by atoms with van der Waals surface area (Å²) in [6.07, 6.45) is 6.78. The zero-order chi connectivity index (χ0) is 11.0. The van der Waals surface area contributed by atoms with Gasteiger partial charge in [-0.25, -0.2) is 0 Å². The van der Waals surface area contributed by atoms with E-state index in [1.165, 1.54) is 0 Å². The van der Waals surface area contributed by atoms with Crippen LogP contribution in [0.25, 0.3) is 0 Å². The predicted octanol–water partition coefficient (Wildman–Crippen LogP) is 2.54. The molecule has 2 heteroatoms. The predicted molar refractivity (Wildman–Crippen MR) is 62.1 cm³/mol. The van der Waals surface area contributed by atoms with Crippen molar-refractivity contribution in [2.24, 2.45) is 11.3 Å². The highest BCUT2D eigenvalue weighted by Crippen LogP contribution is 2.29. The molecule has 0 radical (unpaired) electrons. The van der Waals surface area contributed by atoms with E-state index < -0.39 is 0 Å². The van der Waals surface area contributed by atoms with Gasteiger partial charge >= 0.3 is 0 Å². The van der Waals surface area contributed by atoms with Crippen LogP contribution >= 0.6 is 0 Å². The molecule has 0 aromatic rings. The lowest BCUT2D eigenvalue weighted by Crippen LogP contribution is -2.35. The Morgan fingerprint density at radius 1 is 1.36 bits per heavy atom. The van der Waals surface area contributed by atoms with Crippen LogP contribution in [0.3, 0.4) is 0 Å². The smallest absolute Gasteiger partial charge is 0.0931 e. The molecular weight excluding hydrogens is 174 g/mol. The zero-order valence-electron chi connectivity index (χ0n) is 10.0. The lowest BCUT2D eigenvalue weighted by Gasteiger charge is -2.32. The Hall–Kier alpha value is -0.340. The number of hydrogen-bond donors (Lipinski definition) is 2. The normalized spacial score (nSPS) is 14.9. The third kappa shape index (κ3) is 4.77. The quantitative estimate of drug-likeness (QED) is 0.488. The maximum absolute atomic E-state index is 8.73. The van der Waals surface area contributed by atoms with Gasteiger partial charge in [-0.2, -0.15) is 0 Å². The van der Waals surface area contributed by atoms with Gasteiger partial charge in [-0.15, -0.1) is 0 Å². The van der Waals surface area contributed by atoms with Gasteiger partial charge in [0.2, 0.25) is 0 Å². The molecule has 14 heavy (non-hydrogen) atoms. The molecule has 84 valence electrons. The number of aliphatic hydroxyl groups excluding tert-OH is 1. The van der Waals surface area contributed by atoms with E-state index in [0.717, 1.165) is 19.4 Å². The summed E-state index contributed by atoms with van der Waals surface area (Å²) in [5, 5.41) is 11.7. The summed E-state index contributed by atoms with van der Waals surface area (Å²) in [6, 6.07) is 0. The molecule has 0 rings (SSSR count). The van der Waals surface area contributed by atoms with E-state index in [0.29, 0.717) is 5.92 Å². The topological polar surface area (TPSA) is 32.3 Å². The molecule has 1 atom stereocenters. The van der Waals surface area contributed by atoms with Crippen molar-refractivity contribution in [2.45, 2.75) is 40.5 Å². The molecule has 2 nitrogen and oxygen atoms in total. The molecule has 0 amide bonds. The minimum Gasteiger partial charge on any atom is -0.381 e. The Labute approximate surface area is 88.4 Å². The first-order valence-electron chi connectivity index (χ1n) is 5.56. The molecule has 1 unspecified atom stereocenters. The first-order chi connectivity index (χ1) is 6.58. The molecule has 0 aromatic heterocycles. The van der Waals surface area contributed by atoms with Crippen molar-refractivity contribution in [1.29, 1.82) is 0 Å². The van der Waals surface area contributed by atoms with Crippen LogP contribution in [0.4, 0.5) is 0 Å². The molecule has 2 N–H and O–H groups in total. The van der Waals surface area contributed by atoms with Crippen molar-refractivity contribution in [1.82, 2.24) is 5.32 Å². The first-order valence-corrected chi connectivity index (χ1v) is 5.56. The maximum Gasteiger partial charge on any atom is 0.0931 e. The average Bonchev–Trinajstić information content (AvgIpc) is 2.16. The Morgan fingerprint density at radius 2 is 2.00 bits per heavy atom. The third-order valence-electron chi connectivity index (χ3n) is 2.74. The van der Waals surface area contributed by atoms with E-state index >= 15 is 0 Å². The minimum absolute atomic E-state index is 0.0668. The fraction of sp³-hybridized carbons (Fsp3) is 0.833. The maximum atomic E-state index is 8.73. The molecular formula is C12H25NO. The van der Waals surface area contributed by atoms with Crippen LogP contribution in [-0.2, 0) is 0 Å². The fourth-order valence-electron chi connectivity index (χ4n) is 1.76. The molecule has 0 saturated carbocycles. The number of allylic oxidation sites excluding steroid dienone is 2. The van der Waals surface area contributed by atoms with E-state index in [9.17, 15) is 0 Å². The Bertz CT molecular complexity index is 164. The van der Waals surface area contributed by atoms with Crippen molar-refractivity contribution in [2.75, 3.05) is 13.3 Å². The van der Waals surface area contributed by atoms with E-state index in [2.05, 4.69) is 45.2 Å². The van der Waals surface area contributed by atoms with E-state index in [-0.39, 0.29) is 12.1 Å². The Morgan fingerprint density at radius 3 is 2.43 bits per heavy atom. The summed E-state index contributed by atoms with van der Waals surface area (Å²) in [5.41, 5.74) is 0.211. The summed E-state index contributed by atoms with van der Waals surface area (Å²) >= 11 is 0. The van der Waals surface area contributed by atoms with Gasteiger partial charge < -0.3 is 5.11 Å². The number of nitrogens with one attached hydrogen (secondary N) is 1. The molecule has 0 aromatic carbocycles. The molecule has 0 heterocycles. The van der Waals surface area contributed by atoms with Crippen molar-refractivity contribution in [3.63, 3.8) is 0 Å². The number of hydrogen-bond acceptors (Lipinski definition) is 2. The van der Waals surface area contributed by atoms with Crippen molar-refractivity contribution in [3.8, 4) is 0 Å². The highest BCUT2D eigenvalue weighted by molar-refractivity contribution is 4.95. The summed E-state index contributed by atoms with van der Waals surface area (Å²) in [5.74, 6) is 0.585. The SMILES string of the molecule is CC/C=C/C(CC)C(C)(C)CNCO. The summed E-state index contributed by atoms with van der Waals surface area (Å²) < 4.78 is 0. The average molecular weight is 199 g/mol. The molecule has 0 bridgehead atoms. The highest BCUT2D eigenvalue weighted by Gasteiger charge is 2.25. The standard InChI is InChI=1S/C12H25NO/c1-5-7-8-11(6-2)12(3,4)9-13-10-14/h7-8,11,13-14H,5-6,9-10H2,1-4H3/b8-7+. The lowest BCUT2D eigenvalue weighted by atomic mass is 9.77. The van der Waals surface area contributed by atoms with Crippen LogP contribution in [0.1, 0.15) is 40.5 Å². The van der Waals surface area contributed by atoms with Crippen molar-refractivity contribution >= 4 is 0 Å². The van der Waals surface area contributed by atoms with Crippen LogP contribution < -0.4 is 5.32 Å². The summed E-state index contributed by atoms with van der Waals surface area (Å²) in [7, 11) is 0. The Kier molecular flexibility index (Phi) is 6.85. The molecule has 0 fully saturated rings. The monoisotopic (exact) mass is 199 g/mol.